The molecule has 3 aliphatic carbocycles. The smallest absolute Gasteiger partial charge is 0.310 e. The lowest BCUT2D eigenvalue weighted by molar-refractivity contribution is -0.157. The summed E-state index contributed by atoms with van der Waals surface area (Å²) < 4.78 is 18.1. The number of likely N-dealkylation sites (tertiary alicyclic amines) is 1. The number of carbonyl (C=O) groups excluding carboxylic acids is 3. The number of benzene rings is 1. The third-order valence-electron chi connectivity index (χ3n) is 12.5. The molecule has 1 aromatic carbocycles. The topological polar surface area (TPSA) is 145 Å². The number of ether oxygens (including phenoxy) is 3. The standard InChI is InChI=1S/C42H52ClN3O8S/c1-8-24-17-42(24,40(50)51)18-32(47)31-14-26(19-46(31)39(49)28(41(4,5)6)15-35(48)54-25-12-22-11-23(22)13-25)53-34-16-29(38-45-30(20-55-38)21(2)3)44-37-27(34)9-10-33(52-7)36(37)43/h9-10,16,20-26,28,31H,8,11-15,17-19H2,1-7H3,(H,50,51)/t22-,23+,24-,25?,26-,28-,31+,42-/m1/s1. The van der Waals surface area contributed by atoms with E-state index in [0.717, 1.165) is 18.5 Å². The molecule has 1 N–H and O–H groups in total. The van der Waals surface area contributed by atoms with Gasteiger partial charge in [-0.25, -0.2) is 9.97 Å². The first-order chi connectivity index (χ1) is 26.0. The van der Waals surface area contributed by atoms with Gasteiger partial charge in [-0.3, -0.25) is 19.2 Å². The summed E-state index contributed by atoms with van der Waals surface area (Å²) in [5.74, 6) is -0.509. The molecule has 0 bridgehead atoms. The molecule has 3 heterocycles. The molecule has 1 unspecified atom stereocenters. The number of nitrogens with zero attached hydrogens (tertiary/aromatic N) is 3. The number of amides is 1. The third kappa shape index (κ3) is 7.82. The summed E-state index contributed by atoms with van der Waals surface area (Å²) >= 11 is 8.30. The van der Waals surface area contributed by atoms with Gasteiger partial charge in [0.1, 0.15) is 39.4 Å². The van der Waals surface area contributed by atoms with Crippen LogP contribution in [0.3, 0.4) is 0 Å². The molecule has 1 saturated heterocycles. The van der Waals surface area contributed by atoms with Crippen molar-refractivity contribution in [2.24, 2.45) is 34.5 Å². The van der Waals surface area contributed by atoms with E-state index < -0.39 is 40.8 Å². The van der Waals surface area contributed by atoms with Crippen LogP contribution in [0.2, 0.25) is 5.02 Å². The Labute approximate surface area is 331 Å². The van der Waals surface area contributed by atoms with Gasteiger partial charge in [-0.2, -0.15) is 0 Å². The first kappa shape index (κ1) is 39.5. The number of hydrogen-bond acceptors (Lipinski definition) is 10. The lowest BCUT2D eigenvalue weighted by Crippen LogP contribution is -2.48. The number of pyridine rings is 1. The summed E-state index contributed by atoms with van der Waals surface area (Å²) in [6, 6.07) is 4.44. The molecule has 4 aliphatic rings. The van der Waals surface area contributed by atoms with Gasteiger partial charge in [0.2, 0.25) is 5.91 Å². The molecule has 3 saturated carbocycles. The molecular weight excluding hydrogens is 742 g/mol. The van der Waals surface area contributed by atoms with Gasteiger partial charge >= 0.3 is 11.9 Å². The normalized spacial score (nSPS) is 27.5. The van der Waals surface area contributed by atoms with Gasteiger partial charge in [0.25, 0.3) is 0 Å². The molecule has 2 aromatic heterocycles. The van der Waals surface area contributed by atoms with Crippen molar-refractivity contribution in [3.63, 3.8) is 0 Å². The van der Waals surface area contributed by atoms with E-state index in [1.165, 1.54) is 29.8 Å². The zero-order valence-corrected chi connectivity index (χ0v) is 34.3. The summed E-state index contributed by atoms with van der Waals surface area (Å²) in [5, 5.41) is 13.8. The minimum absolute atomic E-state index is 0.0674. The number of rotatable bonds is 14. The lowest BCUT2D eigenvalue weighted by atomic mass is 9.77. The second-order valence-corrected chi connectivity index (χ2v) is 18.8. The Balaban J connectivity index is 1.20. The first-order valence-corrected chi connectivity index (χ1v) is 20.8. The van der Waals surface area contributed by atoms with Crippen molar-refractivity contribution in [2.45, 2.75) is 117 Å². The molecule has 1 amide bonds. The molecule has 1 aliphatic heterocycles. The number of methoxy groups -OCH3 is 1. The highest BCUT2D eigenvalue weighted by molar-refractivity contribution is 7.13. The van der Waals surface area contributed by atoms with Crippen molar-refractivity contribution in [1.29, 1.82) is 0 Å². The molecule has 55 heavy (non-hydrogen) atoms. The van der Waals surface area contributed by atoms with Gasteiger partial charge in [-0.05, 0) is 66.9 Å². The Morgan fingerprint density at radius 2 is 1.78 bits per heavy atom. The number of carbonyl (C=O) groups is 4. The van der Waals surface area contributed by atoms with E-state index in [-0.39, 0.29) is 55.4 Å². The maximum absolute atomic E-state index is 14.7. The van der Waals surface area contributed by atoms with Gasteiger partial charge in [0.05, 0.1) is 48.7 Å². The first-order valence-electron chi connectivity index (χ1n) is 19.6. The van der Waals surface area contributed by atoms with Crippen molar-refractivity contribution in [1.82, 2.24) is 14.9 Å². The Hall–Kier alpha value is -3.77. The Morgan fingerprint density at radius 3 is 2.38 bits per heavy atom. The predicted molar refractivity (Wildman–Crippen MR) is 209 cm³/mol. The summed E-state index contributed by atoms with van der Waals surface area (Å²) in [5.41, 5.74) is 0.179. The van der Waals surface area contributed by atoms with Crippen LogP contribution >= 0.6 is 22.9 Å². The molecule has 4 fully saturated rings. The summed E-state index contributed by atoms with van der Waals surface area (Å²) in [6.07, 6.45) is 3.15. The number of thiazole rings is 1. The molecule has 3 aromatic rings. The number of esters is 1. The summed E-state index contributed by atoms with van der Waals surface area (Å²) in [7, 11) is 1.53. The van der Waals surface area contributed by atoms with E-state index in [4.69, 9.17) is 35.8 Å². The zero-order chi connectivity index (χ0) is 39.6. The largest absolute Gasteiger partial charge is 0.495 e. The van der Waals surface area contributed by atoms with Gasteiger partial charge in [0.15, 0.2) is 5.78 Å². The van der Waals surface area contributed by atoms with E-state index in [2.05, 4.69) is 13.8 Å². The highest BCUT2D eigenvalue weighted by Crippen LogP contribution is 2.58. The van der Waals surface area contributed by atoms with Gasteiger partial charge < -0.3 is 24.2 Å². The number of aromatic nitrogens is 2. The number of ketones is 1. The van der Waals surface area contributed by atoms with E-state index in [1.54, 1.807) is 6.07 Å². The molecule has 0 spiro atoms. The molecule has 296 valence electrons. The van der Waals surface area contributed by atoms with E-state index in [1.807, 2.05) is 45.2 Å². The Morgan fingerprint density at radius 1 is 1.05 bits per heavy atom. The van der Waals surface area contributed by atoms with Crippen molar-refractivity contribution < 1.29 is 38.5 Å². The molecule has 7 rings (SSSR count). The minimum Gasteiger partial charge on any atom is -0.495 e. The zero-order valence-electron chi connectivity index (χ0n) is 32.7. The second kappa shape index (κ2) is 15.0. The Kier molecular flexibility index (Phi) is 10.7. The fourth-order valence-electron chi connectivity index (χ4n) is 8.87. The fraction of sp³-hybridized carbons (Fsp3) is 0.619. The average molecular weight is 794 g/mol. The van der Waals surface area contributed by atoms with Crippen molar-refractivity contribution in [3.8, 4) is 22.2 Å². The molecule has 11 nitrogen and oxygen atoms in total. The number of aliphatic carboxylic acids is 1. The summed E-state index contributed by atoms with van der Waals surface area (Å²) in [6.45, 7) is 11.9. The number of carboxylic acid groups (broad SMARTS) is 1. The number of halogens is 1. The van der Waals surface area contributed by atoms with Crippen molar-refractivity contribution >= 4 is 57.5 Å². The molecule has 13 heteroatoms. The molecular formula is C42H52ClN3O8S. The van der Waals surface area contributed by atoms with E-state index >= 15 is 0 Å². The van der Waals surface area contributed by atoms with Crippen LogP contribution in [-0.2, 0) is 23.9 Å². The van der Waals surface area contributed by atoms with E-state index in [9.17, 15) is 24.3 Å². The quantitative estimate of drug-likeness (QED) is 0.158. The van der Waals surface area contributed by atoms with Crippen LogP contribution < -0.4 is 9.47 Å². The van der Waals surface area contributed by atoms with Crippen LogP contribution in [0.25, 0.3) is 21.6 Å². The van der Waals surface area contributed by atoms with Gasteiger partial charge in [-0.15, -0.1) is 11.3 Å². The van der Waals surface area contributed by atoms with Gasteiger partial charge in [-0.1, -0.05) is 59.6 Å². The highest BCUT2D eigenvalue weighted by atomic mass is 35.5. The third-order valence-corrected chi connectivity index (χ3v) is 13.7. The van der Waals surface area contributed by atoms with Crippen LogP contribution in [0.1, 0.15) is 105 Å². The van der Waals surface area contributed by atoms with Crippen LogP contribution in [0.15, 0.2) is 23.6 Å². The maximum Gasteiger partial charge on any atom is 0.310 e. The summed E-state index contributed by atoms with van der Waals surface area (Å²) in [4.78, 5) is 66.2. The lowest BCUT2D eigenvalue weighted by Gasteiger charge is -2.35. The maximum atomic E-state index is 14.7. The van der Waals surface area contributed by atoms with Crippen LogP contribution in [0, 0.1) is 34.5 Å². The number of hydrogen-bond donors (Lipinski definition) is 1. The predicted octanol–water partition coefficient (Wildman–Crippen LogP) is 8.35. The number of fused-ring (bicyclic) bond motifs is 2. The number of carboxylic acids is 1. The average Bonchev–Trinajstić information content (AvgIpc) is 3.77. The van der Waals surface area contributed by atoms with Crippen LogP contribution in [0.5, 0.6) is 11.5 Å². The highest BCUT2D eigenvalue weighted by Gasteiger charge is 2.61. The van der Waals surface area contributed by atoms with E-state index in [0.29, 0.717) is 62.8 Å². The van der Waals surface area contributed by atoms with Crippen LogP contribution in [0.4, 0.5) is 0 Å². The fourth-order valence-corrected chi connectivity index (χ4v) is 10.1. The number of Topliss-reactive ketones (excluding diaryl/α,β-unsaturated/α-hetero) is 1. The monoisotopic (exact) mass is 793 g/mol. The van der Waals surface area contributed by atoms with Gasteiger partial charge in [0, 0.05) is 29.7 Å². The van der Waals surface area contributed by atoms with Crippen molar-refractivity contribution in [2.75, 3.05) is 13.7 Å². The van der Waals surface area contributed by atoms with Crippen LogP contribution in [-0.4, -0.2) is 75.5 Å². The second-order valence-electron chi connectivity index (χ2n) is 17.6. The van der Waals surface area contributed by atoms with Crippen molar-refractivity contribution in [3.05, 3.63) is 34.3 Å². The minimum atomic E-state index is -1.14. The molecule has 8 atom stereocenters. The molecule has 0 radical (unpaired) electrons. The Bertz CT molecular complexity index is 2000. The SMILES string of the molecule is CC[C@@H]1C[C@]1(CC(=O)[C@@H]1C[C@@H](Oc2cc(-c3nc(C(C)C)cs3)nc3c(Cl)c(OC)ccc23)CN1C(=O)[C@@H](CC(=O)OC1C[C@@H]2C[C@@H]2C1)C(C)(C)C)C(=O)O.